The van der Waals surface area contributed by atoms with Gasteiger partial charge in [0.15, 0.2) is 0 Å². The SMILES string of the molecule is CC(=O)NCC(=O)Nc1cc(C(=O)O)ccc1Cl. The van der Waals surface area contributed by atoms with E-state index in [0.29, 0.717) is 0 Å². The van der Waals surface area contributed by atoms with E-state index in [1.807, 2.05) is 0 Å². The molecule has 1 aromatic rings. The first kappa shape index (κ1) is 14.0. The van der Waals surface area contributed by atoms with Crippen molar-refractivity contribution in [3.05, 3.63) is 28.8 Å². The lowest BCUT2D eigenvalue weighted by Gasteiger charge is -2.08. The second-order valence-corrected chi connectivity index (χ2v) is 3.86. The van der Waals surface area contributed by atoms with Crippen LogP contribution in [0.25, 0.3) is 0 Å². The topological polar surface area (TPSA) is 95.5 Å². The molecule has 3 N–H and O–H groups in total. The highest BCUT2D eigenvalue weighted by atomic mass is 35.5. The highest BCUT2D eigenvalue weighted by Gasteiger charge is 2.10. The quantitative estimate of drug-likeness (QED) is 0.764. The Kier molecular flexibility index (Phi) is 4.67. The summed E-state index contributed by atoms with van der Waals surface area (Å²) >= 11 is 5.81. The Bertz CT molecular complexity index is 502. The molecule has 7 heteroatoms. The van der Waals surface area contributed by atoms with Crippen LogP contribution in [0.1, 0.15) is 17.3 Å². The maximum atomic E-state index is 11.4. The number of halogens is 1. The maximum absolute atomic E-state index is 11.4. The Morgan fingerprint density at radius 3 is 2.56 bits per heavy atom. The molecule has 6 nitrogen and oxygen atoms in total. The number of carbonyl (C=O) groups is 3. The third-order valence-electron chi connectivity index (χ3n) is 1.99. The van der Waals surface area contributed by atoms with E-state index in [4.69, 9.17) is 16.7 Å². The van der Waals surface area contributed by atoms with Gasteiger partial charge in [0.05, 0.1) is 22.8 Å². The van der Waals surface area contributed by atoms with E-state index in [0.717, 1.165) is 0 Å². The van der Waals surface area contributed by atoms with Crippen molar-refractivity contribution in [3.8, 4) is 0 Å². The Morgan fingerprint density at radius 1 is 1.33 bits per heavy atom. The molecule has 18 heavy (non-hydrogen) atoms. The van der Waals surface area contributed by atoms with Gasteiger partial charge in [0, 0.05) is 6.92 Å². The van der Waals surface area contributed by atoms with Crippen LogP contribution in [0.3, 0.4) is 0 Å². The van der Waals surface area contributed by atoms with Crippen LogP contribution in [0.15, 0.2) is 18.2 Å². The van der Waals surface area contributed by atoms with Gasteiger partial charge in [-0.3, -0.25) is 9.59 Å². The summed E-state index contributed by atoms with van der Waals surface area (Å²) in [5.41, 5.74) is 0.196. The molecule has 0 aliphatic rings. The Morgan fingerprint density at radius 2 is 2.00 bits per heavy atom. The zero-order valence-corrected chi connectivity index (χ0v) is 10.2. The van der Waals surface area contributed by atoms with Crippen molar-refractivity contribution in [2.75, 3.05) is 11.9 Å². The molecule has 0 spiro atoms. The molecular formula is C11H11ClN2O4. The molecule has 0 aliphatic heterocycles. The van der Waals surface area contributed by atoms with E-state index in [1.54, 1.807) is 0 Å². The molecule has 96 valence electrons. The molecule has 0 aromatic heterocycles. The Balaban J connectivity index is 2.77. The average Bonchev–Trinajstić information content (AvgIpc) is 2.29. The fourth-order valence-corrected chi connectivity index (χ4v) is 1.32. The van der Waals surface area contributed by atoms with E-state index >= 15 is 0 Å². The van der Waals surface area contributed by atoms with Crippen molar-refractivity contribution in [2.24, 2.45) is 0 Å². The molecule has 0 saturated carbocycles. The number of carboxylic acids is 1. The molecule has 1 aromatic carbocycles. The number of aromatic carboxylic acids is 1. The Hall–Kier alpha value is -2.08. The summed E-state index contributed by atoms with van der Waals surface area (Å²) in [6.07, 6.45) is 0. The third-order valence-corrected chi connectivity index (χ3v) is 2.31. The van der Waals surface area contributed by atoms with Crippen LogP contribution in [-0.4, -0.2) is 29.4 Å². The lowest BCUT2D eigenvalue weighted by atomic mass is 10.2. The van der Waals surface area contributed by atoms with Crippen molar-refractivity contribution in [1.29, 1.82) is 0 Å². The highest BCUT2D eigenvalue weighted by molar-refractivity contribution is 6.33. The minimum Gasteiger partial charge on any atom is -0.478 e. The van der Waals surface area contributed by atoms with Crippen LogP contribution in [0.5, 0.6) is 0 Å². The summed E-state index contributed by atoms with van der Waals surface area (Å²) in [4.78, 5) is 32.8. The van der Waals surface area contributed by atoms with Gasteiger partial charge in [0.1, 0.15) is 0 Å². The number of nitrogens with one attached hydrogen (secondary N) is 2. The van der Waals surface area contributed by atoms with Gasteiger partial charge in [-0.2, -0.15) is 0 Å². The van der Waals surface area contributed by atoms with E-state index < -0.39 is 11.9 Å². The number of benzene rings is 1. The molecule has 0 atom stereocenters. The van der Waals surface area contributed by atoms with Crippen LogP contribution in [0, 0.1) is 0 Å². The molecule has 0 heterocycles. The summed E-state index contributed by atoms with van der Waals surface area (Å²) in [7, 11) is 0. The average molecular weight is 271 g/mol. The molecule has 0 fully saturated rings. The van der Waals surface area contributed by atoms with Crippen molar-refractivity contribution in [1.82, 2.24) is 5.32 Å². The Labute approximate surface area is 108 Å². The molecule has 0 unspecified atom stereocenters. The number of anilines is 1. The minimum absolute atomic E-state index is 0.00854. The minimum atomic E-state index is -1.12. The number of carboxylic acid groups (broad SMARTS) is 1. The van der Waals surface area contributed by atoms with Crippen molar-refractivity contribution in [3.63, 3.8) is 0 Å². The first-order valence-electron chi connectivity index (χ1n) is 4.97. The van der Waals surface area contributed by atoms with E-state index in [-0.39, 0.29) is 28.7 Å². The maximum Gasteiger partial charge on any atom is 0.335 e. The van der Waals surface area contributed by atoms with Gasteiger partial charge in [-0.1, -0.05) is 11.6 Å². The molecule has 2 amide bonds. The largest absolute Gasteiger partial charge is 0.478 e. The van der Waals surface area contributed by atoms with E-state index in [2.05, 4.69) is 10.6 Å². The van der Waals surface area contributed by atoms with E-state index in [9.17, 15) is 14.4 Å². The first-order valence-corrected chi connectivity index (χ1v) is 5.35. The van der Waals surface area contributed by atoms with Crippen molar-refractivity contribution in [2.45, 2.75) is 6.92 Å². The number of rotatable bonds is 4. The van der Waals surface area contributed by atoms with Gasteiger partial charge in [0.25, 0.3) is 0 Å². The number of hydrogen-bond donors (Lipinski definition) is 3. The van der Waals surface area contributed by atoms with Gasteiger partial charge in [-0.15, -0.1) is 0 Å². The standard InChI is InChI=1S/C11H11ClN2O4/c1-6(15)13-5-10(16)14-9-4-7(11(17)18)2-3-8(9)12/h2-4H,5H2,1H3,(H,13,15)(H,14,16)(H,17,18). The number of hydrogen-bond acceptors (Lipinski definition) is 3. The van der Waals surface area contributed by atoms with Gasteiger partial charge < -0.3 is 15.7 Å². The fourth-order valence-electron chi connectivity index (χ4n) is 1.15. The van der Waals surface area contributed by atoms with Crippen LogP contribution >= 0.6 is 11.6 Å². The second-order valence-electron chi connectivity index (χ2n) is 3.46. The van der Waals surface area contributed by atoms with Crippen molar-refractivity contribution >= 4 is 35.1 Å². The molecule has 1 rings (SSSR count). The molecule has 0 radical (unpaired) electrons. The fraction of sp³-hybridized carbons (Fsp3) is 0.182. The zero-order valence-electron chi connectivity index (χ0n) is 9.49. The smallest absolute Gasteiger partial charge is 0.335 e. The predicted molar refractivity (Wildman–Crippen MR) is 65.7 cm³/mol. The zero-order chi connectivity index (χ0) is 13.7. The third kappa shape index (κ3) is 4.06. The van der Waals surface area contributed by atoms with Gasteiger partial charge in [-0.05, 0) is 18.2 Å². The monoisotopic (exact) mass is 270 g/mol. The lowest BCUT2D eigenvalue weighted by molar-refractivity contribution is -0.122. The summed E-state index contributed by atoms with van der Waals surface area (Å²) in [6.45, 7) is 1.08. The normalized spacial score (nSPS) is 9.67. The van der Waals surface area contributed by atoms with Crippen LogP contribution < -0.4 is 10.6 Å². The molecule has 0 aliphatic carbocycles. The number of carbonyl (C=O) groups excluding carboxylic acids is 2. The summed E-state index contributed by atoms with van der Waals surface area (Å²) in [6, 6.07) is 3.95. The van der Waals surface area contributed by atoms with Gasteiger partial charge in [0.2, 0.25) is 11.8 Å². The molecule has 0 bridgehead atoms. The van der Waals surface area contributed by atoms with Crippen LogP contribution in [0.4, 0.5) is 5.69 Å². The van der Waals surface area contributed by atoms with Crippen LogP contribution in [-0.2, 0) is 9.59 Å². The lowest BCUT2D eigenvalue weighted by Crippen LogP contribution is -2.31. The first-order chi connectivity index (χ1) is 8.40. The van der Waals surface area contributed by atoms with Crippen LogP contribution in [0.2, 0.25) is 5.02 Å². The molecular weight excluding hydrogens is 260 g/mol. The second kappa shape index (κ2) is 6.02. The number of amides is 2. The highest BCUT2D eigenvalue weighted by Crippen LogP contribution is 2.22. The summed E-state index contributed by atoms with van der Waals surface area (Å²) < 4.78 is 0. The van der Waals surface area contributed by atoms with E-state index in [1.165, 1.54) is 25.1 Å². The summed E-state index contributed by atoms with van der Waals surface area (Å²) in [5, 5.41) is 13.7. The predicted octanol–water partition coefficient (Wildman–Crippen LogP) is 1.11. The van der Waals surface area contributed by atoms with Gasteiger partial charge >= 0.3 is 5.97 Å². The van der Waals surface area contributed by atoms with Gasteiger partial charge in [-0.25, -0.2) is 4.79 Å². The van der Waals surface area contributed by atoms with Crippen molar-refractivity contribution < 1.29 is 19.5 Å². The molecule has 0 saturated heterocycles. The summed E-state index contributed by atoms with van der Waals surface area (Å²) in [5.74, 6) is -1.95.